The molecule has 1 aliphatic carbocycles. The Balaban J connectivity index is 2.62. The number of hydrogen-bond acceptors (Lipinski definition) is 3. The molecular weight excluding hydrogens is 144 g/mol. The van der Waals surface area contributed by atoms with Gasteiger partial charge in [0.25, 0.3) is 0 Å². The minimum Gasteiger partial charge on any atom is -0.385 e. The van der Waals surface area contributed by atoms with Crippen molar-refractivity contribution in [1.29, 1.82) is 0 Å². The van der Waals surface area contributed by atoms with Gasteiger partial charge >= 0.3 is 0 Å². The van der Waals surface area contributed by atoms with Crippen LogP contribution in [0.5, 0.6) is 0 Å². The van der Waals surface area contributed by atoms with Crippen molar-refractivity contribution in [3.63, 3.8) is 0 Å². The number of hydrogen-bond donors (Lipinski definition) is 2. The van der Waals surface area contributed by atoms with Crippen molar-refractivity contribution in [3.8, 4) is 0 Å². The van der Waals surface area contributed by atoms with Crippen LogP contribution in [-0.4, -0.2) is 28.2 Å². The molecule has 0 aromatic rings. The molecule has 3 nitrogen and oxygen atoms in total. The summed E-state index contributed by atoms with van der Waals surface area (Å²) in [4.78, 5) is 11.0. The fourth-order valence-electron chi connectivity index (χ4n) is 1.08. The van der Waals surface area contributed by atoms with Crippen LogP contribution < -0.4 is 0 Å². The largest absolute Gasteiger partial charge is 0.385 e. The summed E-state index contributed by atoms with van der Waals surface area (Å²) >= 11 is 0. The van der Waals surface area contributed by atoms with Gasteiger partial charge in [-0.3, -0.25) is 4.79 Å². The van der Waals surface area contributed by atoms with Gasteiger partial charge in [0.1, 0.15) is 12.2 Å². The van der Waals surface area contributed by atoms with Crippen molar-refractivity contribution < 1.29 is 15.0 Å². The molecule has 2 N–H and O–H groups in total. The molecule has 0 fully saturated rings. The molecule has 11 heavy (non-hydrogen) atoms. The quantitative estimate of drug-likeness (QED) is 0.486. The number of Topliss-reactive ketones (excluding diaryl/α,β-unsaturated/α-hetero) is 1. The highest BCUT2D eigenvalue weighted by molar-refractivity contribution is 5.87. The normalized spacial score (nSPS) is 36.0. The average molecular weight is 156 g/mol. The second-order valence-corrected chi connectivity index (χ2v) is 2.72. The molecule has 2 atom stereocenters. The third-order valence-corrected chi connectivity index (χ3v) is 1.79. The Kier molecular flexibility index (Phi) is 2.79. The van der Waals surface area contributed by atoms with Gasteiger partial charge in [-0.1, -0.05) is 12.2 Å². The summed E-state index contributed by atoms with van der Waals surface area (Å²) < 4.78 is 0. The first-order valence-electron chi connectivity index (χ1n) is 3.76. The number of carbonyl (C=O) groups excluding carboxylic acids is 1. The predicted molar refractivity (Wildman–Crippen MR) is 40.0 cm³/mol. The SMILES string of the molecule is O=C1[C@@H](O)C/C=C\CC[C@@H]1O. The summed E-state index contributed by atoms with van der Waals surface area (Å²) in [7, 11) is 0. The lowest BCUT2D eigenvalue weighted by Crippen LogP contribution is -2.32. The molecule has 0 aromatic heterocycles. The summed E-state index contributed by atoms with van der Waals surface area (Å²) in [5.41, 5.74) is 0. The summed E-state index contributed by atoms with van der Waals surface area (Å²) in [6.45, 7) is 0. The van der Waals surface area contributed by atoms with Crippen molar-refractivity contribution in [2.75, 3.05) is 0 Å². The zero-order chi connectivity index (χ0) is 8.27. The summed E-state index contributed by atoms with van der Waals surface area (Å²) in [5.74, 6) is -0.450. The minimum atomic E-state index is -1.01. The number of carbonyl (C=O) groups is 1. The summed E-state index contributed by atoms with van der Waals surface area (Å²) in [5, 5.41) is 18.2. The van der Waals surface area contributed by atoms with Crippen LogP contribution in [-0.2, 0) is 4.79 Å². The van der Waals surface area contributed by atoms with E-state index in [1.54, 1.807) is 6.08 Å². The average Bonchev–Trinajstić information content (AvgIpc) is 2.00. The van der Waals surface area contributed by atoms with E-state index in [0.29, 0.717) is 19.3 Å². The van der Waals surface area contributed by atoms with Gasteiger partial charge in [-0.25, -0.2) is 0 Å². The maximum Gasteiger partial charge on any atom is 0.189 e. The van der Waals surface area contributed by atoms with Gasteiger partial charge < -0.3 is 10.2 Å². The maximum absolute atomic E-state index is 11.0. The highest BCUT2D eigenvalue weighted by Crippen LogP contribution is 2.09. The van der Waals surface area contributed by atoms with Crippen molar-refractivity contribution in [2.24, 2.45) is 0 Å². The molecule has 1 aliphatic rings. The zero-order valence-corrected chi connectivity index (χ0v) is 6.23. The Bertz CT molecular complexity index is 174. The Morgan fingerprint density at radius 1 is 1.27 bits per heavy atom. The molecule has 0 spiro atoms. The van der Waals surface area contributed by atoms with Gasteiger partial charge in [0.15, 0.2) is 5.78 Å². The Hall–Kier alpha value is -0.670. The standard InChI is InChI=1S/C8H12O3/c9-6-4-2-1-3-5-7(10)8(6)11/h1-2,6-7,9-10H,3-5H2/b2-1-/t6-,7-/m0/s1. The molecule has 0 saturated carbocycles. The topological polar surface area (TPSA) is 57.5 Å². The van der Waals surface area contributed by atoms with Crippen LogP contribution >= 0.6 is 0 Å². The van der Waals surface area contributed by atoms with Crippen molar-refractivity contribution in [1.82, 2.24) is 0 Å². The van der Waals surface area contributed by atoms with Gasteiger partial charge in [0, 0.05) is 0 Å². The van der Waals surface area contributed by atoms with E-state index in [4.69, 9.17) is 10.2 Å². The van der Waals surface area contributed by atoms with Crippen LogP contribution in [0.2, 0.25) is 0 Å². The van der Waals surface area contributed by atoms with E-state index in [1.165, 1.54) is 0 Å². The number of allylic oxidation sites excluding steroid dienone is 1. The van der Waals surface area contributed by atoms with E-state index in [2.05, 4.69) is 0 Å². The minimum absolute atomic E-state index is 0.329. The molecular formula is C8H12O3. The fourth-order valence-corrected chi connectivity index (χ4v) is 1.08. The second-order valence-electron chi connectivity index (χ2n) is 2.72. The van der Waals surface area contributed by atoms with Crippen LogP contribution in [0.1, 0.15) is 19.3 Å². The van der Waals surface area contributed by atoms with E-state index in [9.17, 15) is 4.79 Å². The van der Waals surface area contributed by atoms with Crippen LogP contribution in [0.4, 0.5) is 0 Å². The molecule has 0 aliphatic heterocycles. The number of aliphatic hydroxyl groups is 2. The van der Waals surface area contributed by atoms with Crippen LogP contribution in [0.15, 0.2) is 12.2 Å². The first-order valence-corrected chi connectivity index (χ1v) is 3.76. The summed E-state index contributed by atoms with van der Waals surface area (Å²) in [6.07, 6.45) is 3.12. The molecule has 62 valence electrons. The number of rotatable bonds is 0. The monoisotopic (exact) mass is 156 g/mol. The van der Waals surface area contributed by atoms with Crippen molar-refractivity contribution in [3.05, 3.63) is 12.2 Å². The second kappa shape index (κ2) is 3.64. The zero-order valence-electron chi connectivity index (χ0n) is 6.23. The van der Waals surface area contributed by atoms with E-state index in [0.717, 1.165) is 0 Å². The first-order chi connectivity index (χ1) is 5.22. The van der Waals surface area contributed by atoms with E-state index >= 15 is 0 Å². The fraction of sp³-hybridized carbons (Fsp3) is 0.625. The third kappa shape index (κ3) is 2.13. The molecule has 0 heterocycles. The van der Waals surface area contributed by atoms with E-state index in [1.807, 2.05) is 6.08 Å². The van der Waals surface area contributed by atoms with Gasteiger partial charge in [0.05, 0.1) is 0 Å². The van der Waals surface area contributed by atoms with Crippen LogP contribution in [0.25, 0.3) is 0 Å². The molecule has 3 heteroatoms. The summed E-state index contributed by atoms with van der Waals surface area (Å²) in [6, 6.07) is 0. The predicted octanol–water partition coefficient (Wildman–Crippen LogP) is 0.0174. The number of ketones is 1. The molecule has 0 saturated heterocycles. The van der Waals surface area contributed by atoms with Crippen LogP contribution in [0, 0.1) is 0 Å². The Morgan fingerprint density at radius 2 is 2.00 bits per heavy atom. The van der Waals surface area contributed by atoms with Crippen molar-refractivity contribution >= 4 is 5.78 Å². The lowest BCUT2D eigenvalue weighted by Gasteiger charge is -2.14. The van der Waals surface area contributed by atoms with Gasteiger partial charge in [-0.15, -0.1) is 0 Å². The van der Waals surface area contributed by atoms with Gasteiger partial charge in [-0.2, -0.15) is 0 Å². The maximum atomic E-state index is 11.0. The lowest BCUT2D eigenvalue weighted by molar-refractivity contribution is -0.135. The Labute approximate surface area is 65.3 Å². The van der Waals surface area contributed by atoms with Crippen LogP contribution in [0.3, 0.4) is 0 Å². The third-order valence-electron chi connectivity index (χ3n) is 1.79. The van der Waals surface area contributed by atoms with E-state index < -0.39 is 18.0 Å². The molecule has 0 amide bonds. The van der Waals surface area contributed by atoms with E-state index in [-0.39, 0.29) is 0 Å². The molecule has 0 aromatic carbocycles. The molecule has 0 unspecified atom stereocenters. The lowest BCUT2D eigenvalue weighted by atomic mass is 10.00. The van der Waals surface area contributed by atoms with Gasteiger partial charge in [-0.05, 0) is 19.3 Å². The highest BCUT2D eigenvalue weighted by atomic mass is 16.3. The molecule has 0 radical (unpaired) electrons. The first kappa shape index (κ1) is 8.43. The van der Waals surface area contributed by atoms with Gasteiger partial charge in [0.2, 0.25) is 0 Å². The van der Waals surface area contributed by atoms with Crippen molar-refractivity contribution in [2.45, 2.75) is 31.5 Å². The molecule has 0 bridgehead atoms. The highest BCUT2D eigenvalue weighted by Gasteiger charge is 2.22. The molecule has 1 rings (SSSR count). The number of aliphatic hydroxyl groups excluding tert-OH is 2. The Morgan fingerprint density at radius 3 is 2.73 bits per heavy atom. The smallest absolute Gasteiger partial charge is 0.189 e.